The van der Waals surface area contributed by atoms with Crippen LogP contribution >= 0.6 is 11.3 Å². The zero-order valence-corrected chi connectivity index (χ0v) is 27.4. The Hall–Kier alpha value is -3.58. The minimum Gasteiger partial charge on any atom is -0.496 e. The maximum atomic E-state index is 14.4. The van der Waals surface area contributed by atoms with Crippen molar-refractivity contribution in [2.24, 2.45) is 17.4 Å². The summed E-state index contributed by atoms with van der Waals surface area (Å²) in [5.74, 6) is 1.06. The summed E-state index contributed by atoms with van der Waals surface area (Å²) in [7, 11) is 1.59. The SMILES string of the molecule is COc1ccccc1[C@@H](Cn1c(=O)n(C(C)(C)C(C)=O)c(=O)c2c(C)c(-c3ncco3)sc21)O[C@@H]1C[C@]2(N)C[C@@H](C)C[C@]2(N)C1. The molecule has 0 aliphatic heterocycles. The number of aryl methyl sites for hydroxylation is 1. The lowest BCUT2D eigenvalue weighted by Gasteiger charge is -2.33. The first kappa shape index (κ1) is 31.4. The Morgan fingerprint density at radius 3 is 2.44 bits per heavy atom. The number of aromatic nitrogens is 3. The maximum Gasteiger partial charge on any atom is 0.333 e. The third-order valence-electron chi connectivity index (χ3n) is 10.1. The number of benzene rings is 1. The Kier molecular flexibility index (Phi) is 7.71. The summed E-state index contributed by atoms with van der Waals surface area (Å²) in [5, 5.41) is 0.326. The monoisotopic (exact) mass is 635 g/mol. The van der Waals surface area contributed by atoms with Gasteiger partial charge in [-0.2, -0.15) is 0 Å². The molecule has 0 amide bonds. The molecule has 2 aliphatic carbocycles. The minimum absolute atomic E-state index is 0.0387. The van der Waals surface area contributed by atoms with Crippen LogP contribution in [0.3, 0.4) is 0 Å². The molecule has 5 atom stereocenters. The number of ether oxygens (including phenoxy) is 2. The van der Waals surface area contributed by atoms with Crippen molar-refractivity contribution in [3.8, 4) is 16.5 Å². The van der Waals surface area contributed by atoms with Crippen LogP contribution in [0, 0.1) is 12.8 Å². The van der Waals surface area contributed by atoms with E-state index in [0.717, 1.165) is 23.0 Å². The number of nitrogens with two attached hydrogens (primary N) is 2. The molecular weight excluding hydrogens is 594 g/mol. The minimum atomic E-state index is -1.40. The summed E-state index contributed by atoms with van der Waals surface area (Å²) in [5.41, 5.74) is 11.5. The normalized spacial score (nSPS) is 25.5. The van der Waals surface area contributed by atoms with Crippen LogP contribution in [-0.2, 0) is 21.6 Å². The molecule has 0 unspecified atom stereocenters. The average Bonchev–Trinajstić information content (AvgIpc) is 3.70. The van der Waals surface area contributed by atoms with Crippen molar-refractivity contribution in [3.63, 3.8) is 0 Å². The number of para-hydroxylation sites is 1. The number of methoxy groups -OCH3 is 1. The van der Waals surface area contributed by atoms with Gasteiger partial charge in [-0.25, -0.2) is 14.3 Å². The lowest BCUT2D eigenvalue weighted by Crippen LogP contribution is -2.58. The van der Waals surface area contributed by atoms with Gasteiger partial charge in [0.15, 0.2) is 5.78 Å². The molecule has 0 radical (unpaired) electrons. The number of fused-ring (bicyclic) bond motifs is 2. The van der Waals surface area contributed by atoms with Crippen LogP contribution < -0.4 is 27.5 Å². The van der Waals surface area contributed by atoms with Gasteiger partial charge in [0.25, 0.3) is 5.56 Å². The van der Waals surface area contributed by atoms with Gasteiger partial charge in [-0.1, -0.05) is 25.1 Å². The van der Waals surface area contributed by atoms with Crippen molar-refractivity contribution in [1.82, 2.24) is 14.1 Å². The highest BCUT2D eigenvalue weighted by atomic mass is 32.1. The van der Waals surface area contributed by atoms with Gasteiger partial charge in [-0.05, 0) is 70.9 Å². The second-order valence-electron chi connectivity index (χ2n) is 13.4. The number of thiophene rings is 1. The molecule has 2 aliphatic rings. The van der Waals surface area contributed by atoms with Crippen LogP contribution in [0.25, 0.3) is 21.0 Å². The zero-order valence-electron chi connectivity index (χ0n) is 26.6. The molecule has 4 aromatic rings. The highest BCUT2D eigenvalue weighted by Gasteiger charge is 2.59. The van der Waals surface area contributed by atoms with E-state index in [0.29, 0.717) is 51.1 Å². The van der Waals surface area contributed by atoms with Crippen molar-refractivity contribution in [2.75, 3.05) is 7.11 Å². The van der Waals surface area contributed by atoms with Crippen molar-refractivity contribution in [3.05, 3.63) is 68.7 Å². The first-order valence-corrected chi connectivity index (χ1v) is 16.1. The fourth-order valence-corrected chi connectivity index (χ4v) is 8.76. The van der Waals surface area contributed by atoms with Crippen LogP contribution in [0.5, 0.6) is 5.75 Å². The van der Waals surface area contributed by atoms with E-state index >= 15 is 0 Å². The average molecular weight is 636 g/mol. The number of oxazole rings is 1. The van der Waals surface area contributed by atoms with Gasteiger partial charge in [0.05, 0.1) is 36.2 Å². The standard InChI is InChI=1S/C33H41N5O6S/c1-18-13-32(34)15-21(16-33(32,35)14-18)44-24(22-9-7-8-10-23(22)42-6)17-37-29-25(19(2)26(45-29)27-36-11-12-43-27)28(40)38(30(37)41)31(4,5)20(3)39/h7-12,18,21,24H,13-17,34-35H2,1-6H3/t18-,21-,24-,32-,33+/m1/s1. The summed E-state index contributed by atoms with van der Waals surface area (Å²) < 4.78 is 20.8. The zero-order chi connectivity index (χ0) is 32.5. The number of hydrogen-bond acceptors (Lipinski definition) is 10. The summed E-state index contributed by atoms with van der Waals surface area (Å²) >= 11 is 1.25. The maximum absolute atomic E-state index is 14.4. The Bertz CT molecular complexity index is 1870. The number of carbonyl (C=O) groups is 1. The molecule has 0 saturated heterocycles. The van der Waals surface area contributed by atoms with Crippen molar-refractivity contribution < 1.29 is 18.7 Å². The number of Topliss-reactive ketones (excluding diaryl/α,β-unsaturated/α-hetero) is 1. The van der Waals surface area contributed by atoms with Gasteiger partial charge in [0, 0.05) is 16.6 Å². The van der Waals surface area contributed by atoms with E-state index in [1.54, 1.807) is 27.9 Å². The number of nitrogens with zero attached hydrogens (tertiary/aromatic N) is 3. The molecule has 6 rings (SSSR count). The molecule has 1 aromatic carbocycles. The van der Waals surface area contributed by atoms with E-state index in [1.807, 2.05) is 24.3 Å². The number of rotatable bonds is 9. The van der Waals surface area contributed by atoms with Crippen LogP contribution in [0.2, 0.25) is 0 Å². The van der Waals surface area contributed by atoms with Gasteiger partial charge in [-0.15, -0.1) is 11.3 Å². The molecule has 2 fully saturated rings. The molecule has 3 aromatic heterocycles. The Labute approximate surface area is 265 Å². The van der Waals surface area contributed by atoms with E-state index in [-0.39, 0.29) is 18.4 Å². The molecule has 3 heterocycles. The van der Waals surface area contributed by atoms with E-state index < -0.39 is 34.0 Å². The van der Waals surface area contributed by atoms with Crippen molar-refractivity contribution >= 4 is 27.3 Å². The molecule has 0 bridgehead atoms. The molecule has 0 spiro atoms. The fraction of sp³-hybridized carbons (Fsp3) is 0.515. The van der Waals surface area contributed by atoms with Crippen LogP contribution in [0.1, 0.15) is 70.6 Å². The van der Waals surface area contributed by atoms with Crippen molar-refractivity contribution in [1.29, 1.82) is 0 Å². The topological polar surface area (TPSA) is 158 Å². The largest absolute Gasteiger partial charge is 0.496 e. The van der Waals surface area contributed by atoms with E-state index in [2.05, 4.69) is 11.9 Å². The van der Waals surface area contributed by atoms with Gasteiger partial charge in [0.1, 0.15) is 28.5 Å². The highest BCUT2D eigenvalue weighted by Crippen LogP contribution is 2.51. The van der Waals surface area contributed by atoms with E-state index in [9.17, 15) is 14.4 Å². The molecule has 240 valence electrons. The quantitative estimate of drug-likeness (QED) is 0.274. The molecule has 2 saturated carbocycles. The van der Waals surface area contributed by atoms with Gasteiger partial charge in [-0.3, -0.25) is 14.2 Å². The molecule has 45 heavy (non-hydrogen) atoms. The first-order chi connectivity index (χ1) is 21.2. The lowest BCUT2D eigenvalue weighted by molar-refractivity contribution is -0.124. The summed E-state index contributed by atoms with van der Waals surface area (Å²) in [6.07, 6.45) is 4.88. The smallest absolute Gasteiger partial charge is 0.333 e. The van der Waals surface area contributed by atoms with Crippen molar-refractivity contribution in [2.45, 2.75) is 95.7 Å². The Morgan fingerprint density at radius 2 is 1.84 bits per heavy atom. The molecule has 11 nitrogen and oxygen atoms in total. The lowest BCUT2D eigenvalue weighted by atomic mass is 9.85. The molecule has 4 N–H and O–H groups in total. The highest BCUT2D eigenvalue weighted by molar-refractivity contribution is 7.22. The van der Waals surface area contributed by atoms with E-state index in [1.165, 1.54) is 35.3 Å². The first-order valence-electron chi connectivity index (χ1n) is 15.3. The van der Waals surface area contributed by atoms with Gasteiger partial charge in [0.2, 0.25) is 5.89 Å². The van der Waals surface area contributed by atoms with Crippen LogP contribution in [0.4, 0.5) is 0 Å². The summed E-state index contributed by atoms with van der Waals surface area (Å²) in [6.45, 7) is 8.56. The second kappa shape index (κ2) is 11.0. The van der Waals surface area contributed by atoms with E-state index in [4.69, 9.17) is 25.4 Å². The third kappa shape index (κ3) is 4.98. The predicted molar refractivity (Wildman–Crippen MR) is 173 cm³/mol. The predicted octanol–water partition coefficient (Wildman–Crippen LogP) is 4.27. The summed E-state index contributed by atoms with van der Waals surface area (Å²) in [6, 6.07) is 7.52. The molecule has 12 heteroatoms. The fourth-order valence-electron chi connectivity index (χ4n) is 7.52. The Balaban J connectivity index is 1.53. The Morgan fingerprint density at radius 1 is 1.18 bits per heavy atom. The second-order valence-corrected chi connectivity index (χ2v) is 14.4. The molecular formula is C33H41N5O6S. The van der Waals surface area contributed by atoms with Crippen LogP contribution in [-0.4, -0.2) is 44.2 Å². The summed E-state index contributed by atoms with van der Waals surface area (Å²) in [4.78, 5) is 46.7. The van der Waals surface area contributed by atoms with Gasteiger partial charge < -0.3 is 25.4 Å². The van der Waals surface area contributed by atoms with Gasteiger partial charge >= 0.3 is 5.69 Å². The number of carbonyl (C=O) groups excluding carboxylic acids is 1. The van der Waals surface area contributed by atoms with Crippen LogP contribution in [0.15, 0.2) is 50.7 Å². The third-order valence-corrected chi connectivity index (χ3v) is 11.4. The number of ketones is 1. The number of hydrogen-bond donors (Lipinski definition) is 2.